The summed E-state index contributed by atoms with van der Waals surface area (Å²) in [5.74, 6) is -0.262. The number of aromatic nitrogens is 2. The van der Waals surface area contributed by atoms with Gasteiger partial charge in [0.1, 0.15) is 0 Å². The minimum absolute atomic E-state index is 0.0909. The number of aryl methyl sites for hydroxylation is 2. The lowest BCUT2D eigenvalue weighted by Crippen LogP contribution is -2.26. The number of nitro benzene ring substituents is 1. The molecule has 21 heavy (non-hydrogen) atoms. The van der Waals surface area contributed by atoms with Crippen LogP contribution < -0.4 is 0 Å². The van der Waals surface area contributed by atoms with Gasteiger partial charge in [-0.3, -0.25) is 19.6 Å². The largest absolute Gasteiger partial charge is 0.337 e. The fourth-order valence-corrected chi connectivity index (χ4v) is 2.10. The molecule has 110 valence electrons. The van der Waals surface area contributed by atoms with Crippen LogP contribution in [0.15, 0.2) is 30.5 Å². The highest BCUT2D eigenvalue weighted by Crippen LogP contribution is 2.16. The third-order valence-electron chi connectivity index (χ3n) is 3.17. The fraction of sp³-hybridized carbons (Fsp3) is 0.286. The second-order valence-corrected chi connectivity index (χ2v) is 4.88. The molecule has 0 aliphatic heterocycles. The van der Waals surface area contributed by atoms with Gasteiger partial charge >= 0.3 is 0 Å². The lowest BCUT2D eigenvalue weighted by Gasteiger charge is -2.16. The summed E-state index contributed by atoms with van der Waals surface area (Å²) in [5, 5.41) is 15.0. The molecular weight excluding hydrogens is 272 g/mol. The molecule has 0 aliphatic carbocycles. The van der Waals surface area contributed by atoms with Crippen LogP contribution in [0.5, 0.6) is 0 Å². The first-order chi connectivity index (χ1) is 9.88. The molecule has 0 aliphatic rings. The van der Waals surface area contributed by atoms with Gasteiger partial charge in [0.05, 0.1) is 10.6 Å². The van der Waals surface area contributed by atoms with E-state index in [1.165, 1.54) is 23.1 Å². The van der Waals surface area contributed by atoms with Gasteiger partial charge in [0.15, 0.2) is 0 Å². The van der Waals surface area contributed by atoms with Crippen molar-refractivity contribution in [3.05, 3.63) is 57.4 Å². The van der Waals surface area contributed by atoms with Crippen molar-refractivity contribution in [3.8, 4) is 0 Å². The minimum Gasteiger partial charge on any atom is -0.337 e. The molecule has 1 amide bonds. The topological polar surface area (TPSA) is 81.3 Å². The molecule has 2 aromatic rings. The molecule has 0 spiro atoms. The first kappa shape index (κ1) is 14.7. The second kappa shape index (κ2) is 5.74. The lowest BCUT2D eigenvalue weighted by atomic mass is 10.1. The Morgan fingerprint density at radius 2 is 2.19 bits per heavy atom. The van der Waals surface area contributed by atoms with Crippen molar-refractivity contribution in [2.75, 3.05) is 7.05 Å². The van der Waals surface area contributed by atoms with Gasteiger partial charge in [0.25, 0.3) is 11.6 Å². The zero-order valence-electron chi connectivity index (χ0n) is 12.1. The summed E-state index contributed by atoms with van der Waals surface area (Å²) in [4.78, 5) is 24.1. The Hall–Kier alpha value is -2.70. The van der Waals surface area contributed by atoms with Crippen LogP contribution >= 0.6 is 0 Å². The molecule has 1 aromatic carbocycles. The molecule has 0 saturated carbocycles. The zero-order valence-corrected chi connectivity index (χ0v) is 12.1. The zero-order chi connectivity index (χ0) is 15.6. The Bertz CT molecular complexity index is 693. The van der Waals surface area contributed by atoms with E-state index in [9.17, 15) is 14.9 Å². The van der Waals surface area contributed by atoms with Gasteiger partial charge in [0, 0.05) is 50.1 Å². The number of hydrogen-bond acceptors (Lipinski definition) is 4. The average molecular weight is 288 g/mol. The van der Waals surface area contributed by atoms with E-state index in [1.54, 1.807) is 17.8 Å². The number of carbonyl (C=O) groups excluding carboxylic acids is 1. The van der Waals surface area contributed by atoms with Crippen LogP contribution in [0.4, 0.5) is 5.69 Å². The van der Waals surface area contributed by atoms with Crippen LogP contribution in [0.3, 0.4) is 0 Å². The number of nitrogens with zero attached hydrogens (tertiary/aromatic N) is 4. The van der Waals surface area contributed by atoms with Crippen molar-refractivity contribution in [1.82, 2.24) is 14.7 Å². The van der Waals surface area contributed by atoms with Crippen molar-refractivity contribution in [1.29, 1.82) is 0 Å². The Kier molecular flexibility index (Phi) is 4.02. The fourth-order valence-electron chi connectivity index (χ4n) is 2.10. The first-order valence-electron chi connectivity index (χ1n) is 6.37. The highest BCUT2D eigenvalue weighted by atomic mass is 16.6. The summed E-state index contributed by atoms with van der Waals surface area (Å²) in [5.41, 5.74) is 2.01. The SMILES string of the molecule is Cc1nn(C)cc1CN(C)C(=O)c1cccc([N+](=O)[O-])c1. The highest BCUT2D eigenvalue weighted by molar-refractivity contribution is 5.94. The third kappa shape index (κ3) is 3.25. The van der Waals surface area contributed by atoms with Crippen LogP contribution in [0.1, 0.15) is 21.6 Å². The standard InChI is InChI=1S/C14H16N4O3/c1-10-12(9-17(3)15-10)8-16(2)14(19)11-5-4-6-13(7-11)18(20)21/h4-7,9H,8H2,1-3H3. The van der Waals surface area contributed by atoms with E-state index in [4.69, 9.17) is 0 Å². The summed E-state index contributed by atoms with van der Waals surface area (Å²) in [7, 11) is 3.48. The lowest BCUT2D eigenvalue weighted by molar-refractivity contribution is -0.384. The van der Waals surface area contributed by atoms with Gasteiger partial charge in [0.2, 0.25) is 0 Å². The maximum atomic E-state index is 12.3. The average Bonchev–Trinajstić information content (AvgIpc) is 2.76. The maximum Gasteiger partial charge on any atom is 0.270 e. The maximum absolute atomic E-state index is 12.3. The molecule has 0 atom stereocenters. The molecule has 0 N–H and O–H groups in total. The van der Waals surface area contributed by atoms with Crippen molar-refractivity contribution in [2.24, 2.45) is 7.05 Å². The van der Waals surface area contributed by atoms with Crippen LogP contribution in [0, 0.1) is 17.0 Å². The van der Waals surface area contributed by atoms with E-state index in [2.05, 4.69) is 5.10 Å². The molecule has 0 unspecified atom stereocenters. The van der Waals surface area contributed by atoms with E-state index in [0.29, 0.717) is 12.1 Å². The monoisotopic (exact) mass is 288 g/mol. The van der Waals surface area contributed by atoms with Gasteiger partial charge < -0.3 is 4.90 Å². The summed E-state index contributed by atoms with van der Waals surface area (Å²) < 4.78 is 1.69. The smallest absolute Gasteiger partial charge is 0.270 e. The quantitative estimate of drug-likeness (QED) is 0.635. The first-order valence-corrected chi connectivity index (χ1v) is 6.37. The number of non-ortho nitro benzene ring substituents is 1. The van der Waals surface area contributed by atoms with Gasteiger partial charge in [-0.1, -0.05) is 6.07 Å². The van der Waals surface area contributed by atoms with Gasteiger partial charge in [-0.2, -0.15) is 5.10 Å². The third-order valence-corrected chi connectivity index (χ3v) is 3.17. The highest BCUT2D eigenvalue weighted by Gasteiger charge is 2.16. The van der Waals surface area contributed by atoms with Crippen molar-refractivity contribution < 1.29 is 9.72 Å². The molecular formula is C14H16N4O3. The Labute approximate surface area is 121 Å². The number of nitro groups is 1. The second-order valence-electron chi connectivity index (χ2n) is 4.88. The van der Waals surface area contributed by atoms with Crippen molar-refractivity contribution >= 4 is 11.6 Å². The summed E-state index contributed by atoms with van der Waals surface area (Å²) in [6.45, 7) is 2.28. The number of rotatable bonds is 4. The van der Waals surface area contributed by atoms with E-state index in [1.807, 2.05) is 20.2 Å². The summed E-state index contributed by atoms with van der Waals surface area (Å²) >= 11 is 0. The molecule has 2 rings (SSSR count). The predicted molar refractivity (Wildman–Crippen MR) is 76.8 cm³/mol. The molecule has 1 heterocycles. The molecule has 0 bridgehead atoms. The molecule has 7 nitrogen and oxygen atoms in total. The van der Waals surface area contributed by atoms with E-state index in [-0.39, 0.29) is 11.6 Å². The Balaban J connectivity index is 2.17. The molecule has 0 saturated heterocycles. The minimum atomic E-state index is -0.512. The van der Waals surface area contributed by atoms with Crippen LogP contribution in [-0.2, 0) is 13.6 Å². The van der Waals surface area contributed by atoms with Crippen LogP contribution in [0.25, 0.3) is 0 Å². The number of carbonyl (C=O) groups is 1. The molecule has 0 radical (unpaired) electrons. The van der Waals surface area contributed by atoms with E-state index >= 15 is 0 Å². The number of hydrogen-bond donors (Lipinski definition) is 0. The normalized spacial score (nSPS) is 10.4. The van der Waals surface area contributed by atoms with E-state index < -0.39 is 4.92 Å². The van der Waals surface area contributed by atoms with Crippen LogP contribution in [-0.4, -0.2) is 32.6 Å². The van der Waals surface area contributed by atoms with E-state index in [0.717, 1.165) is 11.3 Å². The number of benzene rings is 1. The van der Waals surface area contributed by atoms with Gasteiger partial charge in [-0.25, -0.2) is 0 Å². The molecule has 0 fully saturated rings. The van der Waals surface area contributed by atoms with Crippen LogP contribution in [0.2, 0.25) is 0 Å². The molecule has 1 aromatic heterocycles. The van der Waals surface area contributed by atoms with Gasteiger partial charge in [-0.15, -0.1) is 0 Å². The molecule has 7 heteroatoms. The Morgan fingerprint density at radius 1 is 1.48 bits per heavy atom. The summed E-state index contributed by atoms with van der Waals surface area (Å²) in [6, 6.07) is 5.73. The van der Waals surface area contributed by atoms with Crippen molar-refractivity contribution in [3.63, 3.8) is 0 Å². The van der Waals surface area contributed by atoms with Crippen molar-refractivity contribution in [2.45, 2.75) is 13.5 Å². The predicted octanol–water partition coefficient (Wildman–Crippen LogP) is 1.91. The number of amides is 1. The summed E-state index contributed by atoms with van der Waals surface area (Å²) in [6.07, 6.45) is 1.85. The Morgan fingerprint density at radius 3 is 2.76 bits per heavy atom. The van der Waals surface area contributed by atoms with Gasteiger partial charge in [-0.05, 0) is 13.0 Å².